The van der Waals surface area contributed by atoms with Crippen molar-refractivity contribution in [2.75, 3.05) is 26.8 Å². The summed E-state index contributed by atoms with van der Waals surface area (Å²) in [6.45, 7) is 11.3. The summed E-state index contributed by atoms with van der Waals surface area (Å²) in [4.78, 5) is 2.43. The molecule has 0 radical (unpaired) electrons. The van der Waals surface area contributed by atoms with E-state index in [-0.39, 0.29) is 6.04 Å². The zero-order chi connectivity index (χ0) is 15.1. The van der Waals surface area contributed by atoms with Gasteiger partial charge in [-0.15, -0.1) is 0 Å². The second-order valence-corrected chi connectivity index (χ2v) is 5.71. The summed E-state index contributed by atoms with van der Waals surface area (Å²) in [5.74, 6) is 0. The van der Waals surface area contributed by atoms with Gasteiger partial charge in [-0.2, -0.15) is 0 Å². The van der Waals surface area contributed by atoms with E-state index in [0.29, 0.717) is 6.04 Å². The lowest BCUT2D eigenvalue weighted by atomic mass is 9.98. The monoisotopic (exact) mass is 278 g/mol. The molecule has 0 saturated carbocycles. The van der Waals surface area contributed by atoms with Crippen molar-refractivity contribution in [3.63, 3.8) is 0 Å². The second kappa shape index (κ2) is 8.40. The highest BCUT2D eigenvalue weighted by molar-refractivity contribution is 5.33. The molecule has 0 spiro atoms. The fraction of sp³-hybridized carbons (Fsp3) is 0.647. The van der Waals surface area contributed by atoms with Gasteiger partial charge in [0.15, 0.2) is 0 Å². The molecule has 0 aliphatic rings. The number of methoxy groups -OCH3 is 1. The molecule has 0 heterocycles. The molecule has 0 bridgehead atoms. The first-order chi connectivity index (χ1) is 9.49. The van der Waals surface area contributed by atoms with Gasteiger partial charge in [0.2, 0.25) is 0 Å². The van der Waals surface area contributed by atoms with Gasteiger partial charge in [-0.3, -0.25) is 4.90 Å². The molecule has 1 rings (SSSR count). The van der Waals surface area contributed by atoms with E-state index < -0.39 is 0 Å². The first-order valence-corrected chi connectivity index (χ1v) is 7.55. The Balaban J connectivity index is 2.78. The molecule has 0 fully saturated rings. The van der Waals surface area contributed by atoms with Crippen LogP contribution in [-0.4, -0.2) is 37.7 Å². The third-order valence-corrected chi connectivity index (χ3v) is 4.06. The van der Waals surface area contributed by atoms with Crippen LogP contribution in [-0.2, 0) is 4.74 Å². The number of nitrogens with two attached hydrogens (primary N) is 1. The van der Waals surface area contributed by atoms with E-state index in [1.54, 1.807) is 7.11 Å². The van der Waals surface area contributed by atoms with Crippen LogP contribution in [0.25, 0.3) is 0 Å². The Morgan fingerprint density at radius 2 is 2.00 bits per heavy atom. The predicted molar refractivity (Wildman–Crippen MR) is 86.0 cm³/mol. The summed E-state index contributed by atoms with van der Waals surface area (Å²) in [7, 11) is 1.75. The quantitative estimate of drug-likeness (QED) is 0.794. The zero-order valence-corrected chi connectivity index (χ0v) is 13.6. The van der Waals surface area contributed by atoms with Crippen LogP contribution in [0.2, 0.25) is 0 Å². The van der Waals surface area contributed by atoms with Gasteiger partial charge in [0, 0.05) is 32.3 Å². The molecule has 3 heteroatoms. The van der Waals surface area contributed by atoms with E-state index in [1.165, 1.54) is 16.7 Å². The van der Waals surface area contributed by atoms with Crippen LogP contribution in [0.5, 0.6) is 0 Å². The minimum absolute atomic E-state index is 0.0563. The maximum atomic E-state index is 6.45. The first-order valence-electron chi connectivity index (χ1n) is 7.55. The summed E-state index contributed by atoms with van der Waals surface area (Å²) in [6, 6.07) is 7.10. The Bertz CT molecular complexity index is 406. The maximum absolute atomic E-state index is 6.45. The van der Waals surface area contributed by atoms with Crippen LogP contribution in [0, 0.1) is 13.8 Å². The molecule has 0 aromatic heterocycles. The fourth-order valence-corrected chi connectivity index (χ4v) is 2.47. The molecule has 2 atom stereocenters. The molecule has 0 amide bonds. The number of rotatable bonds is 8. The van der Waals surface area contributed by atoms with Gasteiger partial charge >= 0.3 is 0 Å². The Labute approximate surface area is 124 Å². The minimum Gasteiger partial charge on any atom is -0.383 e. The molecular weight excluding hydrogens is 248 g/mol. The first kappa shape index (κ1) is 17.2. The van der Waals surface area contributed by atoms with Crippen molar-refractivity contribution in [1.82, 2.24) is 4.90 Å². The normalized spacial score (nSPS) is 14.6. The molecule has 2 N–H and O–H groups in total. The Kier molecular flexibility index (Phi) is 7.20. The lowest BCUT2D eigenvalue weighted by Crippen LogP contribution is -2.40. The molecule has 20 heavy (non-hydrogen) atoms. The Morgan fingerprint density at radius 1 is 1.30 bits per heavy atom. The summed E-state index contributed by atoms with van der Waals surface area (Å²) >= 11 is 0. The lowest BCUT2D eigenvalue weighted by Gasteiger charge is -2.31. The highest BCUT2D eigenvalue weighted by atomic mass is 16.5. The van der Waals surface area contributed by atoms with Crippen molar-refractivity contribution in [3.8, 4) is 0 Å². The molecular formula is C17H30N2O. The predicted octanol–water partition coefficient (Wildman–Crippen LogP) is 3.05. The topological polar surface area (TPSA) is 38.5 Å². The number of aryl methyl sites for hydroxylation is 2. The van der Waals surface area contributed by atoms with Crippen LogP contribution >= 0.6 is 0 Å². The Hall–Kier alpha value is -0.900. The van der Waals surface area contributed by atoms with Crippen LogP contribution in [0.15, 0.2) is 18.2 Å². The average molecular weight is 278 g/mol. The van der Waals surface area contributed by atoms with Crippen molar-refractivity contribution in [2.45, 2.75) is 46.2 Å². The Morgan fingerprint density at radius 3 is 2.60 bits per heavy atom. The number of ether oxygens (including phenoxy) is 1. The van der Waals surface area contributed by atoms with Crippen molar-refractivity contribution < 1.29 is 4.74 Å². The minimum atomic E-state index is 0.0563. The van der Waals surface area contributed by atoms with Crippen LogP contribution in [0.1, 0.15) is 43.0 Å². The van der Waals surface area contributed by atoms with Crippen LogP contribution in [0.3, 0.4) is 0 Å². The van der Waals surface area contributed by atoms with Crippen LogP contribution < -0.4 is 5.73 Å². The molecule has 2 unspecified atom stereocenters. The highest BCUT2D eigenvalue weighted by Crippen LogP contribution is 2.19. The summed E-state index contributed by atoms with van der Waals surface area (Å²) in [5.41, 5.74) is 10.3. The third-order valence-electron chi connectivity index (χ3n) is 4.06. The molecule has 1 aromatic rings. The average Bonchev–Trinajstić information content (AvgIpc) is 2.44. The smallest absolute Gasteiger partial charge is 0.0589 e. The molecule has 3 nitrogen and oxygen atoms in total. The number of nitrogens with zero attached hydrogens (tertiary/aromatic N) is 1. The largest absolute Gasteiger partial charge is 0.383 e. The van der Waals surface area contributed by atoms with Gasteiger partial charge in [0.25, 0.3) is 0 Å². The standard InChI is InChI=1S/C17H30N2O/c1-6-15(4)19(9-10-20-5)12-17(18)16-11-13(2)7-8-14(16)3/h7-8,11,15,17H,6,9-10,12,18H2,1-5H3. The van der Waals surface area contributed by atoms with E-state index in [0.717, 1.165) is 26.1 Å². The van der Waals surface area contributed by atoms with E-state index in [4.69, 9.17) is 10.5 Å². The van der Waals surface area contributed by atoms with Gasteiger partial charge in [-0.05, 0) is 38.3 Å². The van der Waals surface area contributed by atoms with Gasteiger partial charge in [0.1, 0.15) is 0 Å². The molecule has 1 aromatic carbocycles. The number of benzene rings is 1. The zero-order valence-electron chi connectivity index (χ0n) is 13.6. The fourth-order valence-electron chi connectivity index (χ4n) is 2.47. The SMILES string of the molecule is CCC(C)N(CCOC)CC(N)c1cc(C)ccc1C. The number of hydrogen-bond acceptors (Lipinski definition) is 3. The van der Waals surface area contributed by atoms with Gasteiger partial charge in [-0.25, -0.2) is 0 Å². The molecule has 0 saturated heterocycles. The number of hydrogen-bond donors (Lipinski definition) is 1. The summed E-state index contributed by atoms with van der Waals surface area (Å²) in [6.07, 6.45) is 1.13. The van der Waals surface area contributed by atoms with Crippen molar-refractivity contribution in [2.24, 2.45) is 5.73 Å². The van der Waals surface area contributed by atoms with Gasteiger partial charge in [0.05, 0.1) is 6.61 Å². The van der Waals surface area contributed by atoms with E-state index in [1.807, 2.05) is 0 Å². The third kappa shape index (κ3) is 4.89. The second-order valence-electron chi connectivity index (χ2n) is 5.71. The molecule has 0 aliphatic heterocycles. The summed E-state index contributed by atoms with van der Waals surface area (Å²) in [5, 5.41) is 0. The lowest BCUT2D eigenvalue weighted by molar-refractivity contribution is 0.118. The van der Waals surface area contributed by atoms with E-state index in [2.05, 4.69) is 50.8 Å². The van der Waals surface area contributed by atoms with Crippen molar-refractivity contribution >= 4 is 0 Å². The maximum Gasteiger partial charge on any atom is 0.0589 e. The molecule has 0 aliphatic carbocycles. The molecule has 114 valence electrons. The van der Waals surface area contributed by atoms with Crippen LogP contribution in [0.4, 0.5) is 0 Å². The van der Waals surface area contributed by atoms with Gasteiger partial charge < -0.3 is 10.5 Å². The van der Waals surface area contributed by atoms with Gasteiger partial charge in [-0.1, -0.05) is 30.7 Å². The highest BCUT2D eigenvalue weighted by Gasteiger charge is 2.17. The van der Waals surface area contributed by atoms with E-state index >= 15 is 0 Å². The van der Waals surface area contributed by atoms with E-state index in [9.17, 15) is 0 Å². The van der Waals surface area contributed by atoms with Crippen molar-refractivity contribution in [1.29, 1.82) is 0 Å². The van der Waals surface area contributed by atoms with Crippen molar-refractivity contribution in [3.05, 3.63) is 34.9 Å². The summed E-state index contributed by atoms with van der Waals surface area (Å²) < 4.78 is 5.21.